The van der Waals surface area contributed by atoms with Crippen molar-refractivity contribution in [1.82, 2.24) is 0 Å². The normalized spacial score (nSPS) is 15.3. The van der Waals surface area contributed by atoms with Gasteiger partial charge in [0.05, 0.1) is 46.6 Å². The maximum absolute atomic E-state index is 13.1. The van der Waals surface area contributed by atoms with Crippen LogP contribution >= 0.6 is 23.2 Å². The zero-order valence-corrected chi connectivity index (χ0v) is 33.8. The van der Waals surface area contributed by atoms with Gasteiger partial charge >= 0.3 is 36.4 Å². The number of rotatable bonds is 7. The number of benzene rings is 3. The third kappa shape index (κ3) is 15.8. The molecule has 13 nitrogen and oxygen atoms in total. The summed E-state index contributed by atoms with van der Waals surface area (Å²) < 4.78 is 135. The number of phenolic OH excluding ortho intramolecular Hbond substituents is 4. The second-order valence-electron chi connectivity index (χ2n) is 11.9. The summed E-state index contributed by atoms with van der Waals surface area (Å²) in [7, 11) is 0. The molecule has 3 aromatic rings. The van der Waals surface area contributed by atoms with Gasteiger partial charge in [0.2, 0.25) is 12.2 Å². The van der Waals surface area contributed by atoms with Gasteiger partial charge in [-0.25, -0.2) is 14.4 Å². The summed E-state index contributed by atoms with van der Waals surface area (Å²) in [6.45, 7) is 4.38. The van der Waals surface area contributed by atoms with Crippen molar-refractivity contribution < 1.29 is 103 Å². The van der Waals surface area contributed by atoms with Gasteiger partial charge in [0, 0.05) is 29.3 Å². The lowest BCUT2D eigenvalue weighted by Gasteiger charge is -2.28. The molecule has 0 bridgehead atoms. The van der Waals surface area contributed by atoms with Crippen LogP contribution in [0.25, 0.3) is 12.2 Å². The van der Waals surface area contributed by atoms with Crippen LogP contribution < -0.4 is 9.47 Å². The number of alkyl halides is 9. The number of carbonyl (C=O) groups is 4. The summed E-state index contributed by atoms with van der Waals surface area (Å²) in [5, 5.41) is 36.1. The number of ether oxygens (including phenoxy) is 5. The number of allylic oxidation sites excluding steroid dienone is 1. The maximum Gasteiger partial charge on any atom is 0.430 e. The topological polar surface area (TPSA) is 195 Å². The summed E-state index contributed by atoms with van der Waals surface area (Å²) in [6.07, 6.45) is -16.3. The van der Waals surface area contributed by atoms with Gasteiger partial charge in [0.1, 0.15) is 28.7 Å². The highest BCUT2D eigenvalue weighted by molar-refractivity contribution is 6.38. The third-order valence-electron chi connectivity index (χ3n) is 7.30. The van der Waals surface area contributed by atoms with Gasteiger partial charge in [-0.3, -0.25) is 4.79 Å². The summed E-state index contributed by atoms with van der Waals surface area (Å²) >= 11 is 11.5. The van der Waals surface area contributed by atoms with E-state index in [2.05, 4.69) is 14.2 Å². The fourth-order valence-electron chi connectivity index (χ4n) is 4.68. The molecule has 0 amide bonds. The molecule has 4 N–H and O–H groups in total. The Morgan fingerprint density at radius 2 is 1.19 bits per heavy atom. The molecule has 344 valence electrons. The van der Waals surface area contributed by atoms with Crippen molar-refractivity contribution in [3.8, 4) is 34.5 Å². The second kappa shape index (κ2) is 22.7. The van der Waals surface area contributed by atoms with Crippen LogP contribution in [0.4, 0.5) is 39.5 Å². The van der Waals surface area contributed by atoms with Crippen LogP contribution in [0.2, 0.25) is 10.0 Å². The number of halogens is 11. The van der Waals surface area contributed by atoms with Gasteiger partial charge < -0.3 is 44.1 Å². The standard InChI is InChI=1S/C13H9Cl2F3O4.C13H11F3O4.C7H6O3.C6H7F3O2/c1-2-21-12(20)6-3-5-8(22-11(6)13(16,17)18)4-7(14)10(19)9(5)15;1-2-19-12(18)9-6-7-5-8(17)3-4-10(7)20-11(9)13(14,15)16;8-4-5-3-6(9)1-2-7(5)10;1-2-11-5(10)3-4-6(7,8)9/h3-4,11,19H,2H2,1H3;3-6,11,17H,2H2,1H3;1-4,9-10H;3-4H,2H2,1H3/b;;;4-3+. The van der Waals surface area contributed by atoms with E-state index in [0.717, 1.165) is 18.2 Å². The Morgan fingerprint density at radius 1 is 0.698 bits per heavy atom. The Bertz CT molecular complexity index is 2220. The Morgan fingerprint density at radius 3 is 1.67 bits per heavy atom. The number of aldehydes is 1. The van der Waals surface area contributed by atoms with E-state index < -0.39 is 65.5 Å². The predicted molar refractivity (Wildman–Crippen MR) is 203 cm³/mol. The number of fused-ring (bicyclic) bond motifs is 2. The molecule has 5 rings (SSSR count). The molecule has 0 saturated heterocycles. The van der Waals surface area contributed by atoms with Gasteiger partial charge in [-0.2, -0.15) is 39.5 Å². The van der Waals surface area contributed by atoms with Crippen molar-refractivity contribution in [3.63, 3.8) is 0 Å². The molecule has 0 fully saturated rings. The van der Waals surface area contributed by atoms with Crippen LogP contribution in [-0.4, -0.2) is 95.2 Å². The molecule has 24 heteroatoms. The fraction of sp³-hybridized carbons (Fsp3) is 0.282. The Balaban J connectivity index is 0.000000305. The lowest BCUT2D eigenvalue weighted by atomic mass is 10.0. The van der Waals surface area contributed by atoms with Crippen molar-refractivity contribution in [1.29, 1.82) is 0 Å². The van der Waals surface area contributed by atoms with E-state index in [9.17, 15) is 68.9 Å². The molecule has 2 unspecified atom stereocenters. The van der Waals surface area contributed by atoms with Crippen LogP contribution in [0.15, 0.2) is 65.8 Å². The maximum atomic E-state index is 13.1. The Kier molecular flexibility index (Phi) is 19.0. The molecule has 0 aromatic heterocycles. The average molecular weight is 952 g/mol. The molecule has 63 heavy (non-hydrogen) atoms. The lowest BCUT2D eigenvalue weighted by molar-refractivity contribution is -0.188. The molecular weight excluding hydrogens is 918 g/mol. The molecule has 2 atom stereocenters. The molecule has 2 heterocycles. The lowest BCUT2D eigenvalue weighted by Crippen LogP contribution is -2.40. The number of aromatic hydroxyl groups is 4. The van der Waals surface area contributed by atoms with Gasteiger partial charge in [-0.1, -0.05) is 23.2 Å². The van der Waals surface area contributed by atoms with Crippen molar-refractivity contribution in [2.75, 3.05) is 19.8 Å². The first-order valence-corrected chi connectivity index (χ1v) is 18.1. The van der Waals surface area contributed by atoms with E-state index >= 15 is 0 Å². The first-order chi connectivity index (χ1) is 29.2. The number of esters is 3. The number of phenols is 4. The predicted octanol–water partition coefficient (Wildman–Crippen LogP) is 9.21. The van der Waals surface area contributed by atoms with Crippen LogP contribution in [0.3, 0.4) is 0 Å². The van der Waals surface area contributed by atoms with Gasteiger partial charge in [0.15, 0.2) is 12.0 Å². The second-order valence-corrected chi connectivity index (χ2v) is 12.6. The minimum atomic E-state index is -4.84. The third-order valence-corrected chi connectivity index (χ3v) is 7.97. The Hall–Kier alpha value is -6.29. The van der Waals surface area contributed by atoms with Crippen molar-refractivity contribution in [2.24, 2.45) is 0 Å². The summed E-state index contributed by atoms with van der Waals surface area (Å²) in [5.74, 6) is -4.41. The van der Waals surface area contributed by atoms with Crippen molar-refractivity contribution in [3.05, 3.63) is 92.5 Å². The largest absolute Gasteiger partial charge is 0.508 e. The van der Waals surface area contributed by atoms with E-state index in [4.69, 9.17) is 42.9 Å². The van der Waals surface area contributed by atoms with E-state index in [-0.39, 0.29) is 81.4 Å². The van der Waals surface area contributed by atoms with E-state index in [1.165, 1.54) is 57.2 Å². The highest BCUT2D eigenvalue weighted by Gasteiger charge is 2.50. The van der Waals surface area contributed by atoms with Crippen LogP contribution in [0, 0.1) is 0 Å². The van der Waals surface area contributed by atoms with Crippen LogP contribution in [0.1, 0.15) is 42.3 Å². The highest BCUT2D eigenvalue weighted by Crippen LogP contribution is 2.46. The molecule has 0 saturated carbocycles. The minimum Gasteiger partial charge on any atom is -0.508 e. The molecule has 2 aliphatic rings. The summed E-state index contributed by atoms with van der Waals surface area (Å²) in [5.41, 5.74) is -1.19. The van der Waals surface area contributed by atoms with Crippen LogP contribution in [0.5, 0.6) is 34.5 Å². The zero-order valence-electron chi connectivity index (χ0n) is 32.3. The molecule has 3 aromatic carbocycles. The zero-order chi connectivity index (χ0) is 48.0. The number of hydrogen-bond donors (Lipinski definition) is 4. The first-order valence-electron chi connectivity index (χ1n) is 17.4. The van der Waals surface area contributed by atoms with Crippen molar-refractivity contribution in [2.45, 2.75) is 51.5 Å². The molecule has 2 aliphatic heterocycles. The quantitative estimate of drug-likeness (QED) is 0.0438. The highest BCUT2D eigenvalue weighted by atomic mass is 35.5. The average Bonchev–Trinajstić information content (AvgIpc) is 3.19. The van der Waals surface area contributed by atoms with E-state index in [1.54, 1.807) is 0 Å². The number of carbonyl (C=O) groups excluding carboxylic acids is 4. The summed E-state index contributed by atoms with van der Waals surface area (Å²) in [4.78, 5) is 43.7. The summed E-state index contributed by atoms with van der Waals surface area (Å²) in [6, 6.07) is 8.39. The van der Waals surface area contributed by atoms with E-state index in [1.807, 2.05) is 0 Å². The molecular formula is C39H33Cl2F9O13. The smallest absolute Gasteiger partial charge is 0.430 e. The van der Waals surface area contributed by atoms with Gasteiger partial charge in [-0.15, -0.1) is 0 Å². The fourth-order valence-corrected chi connectivity index (χ4v) is 5.17. The number of hydrogen-bond acceptors (Lipinski definition) is 13. The van der Waals surface area contributed by atoms with Gasteiger partial charge in [0.25, 0.3) is 0 Å². The van der Waals surface area contributed by atoms with Crippen molar-refractivity contribution >= 4 is 59.5 Å². The van der Waals surface area contributed by atoms with E-state index in [0.29, 0.717) is 12.4 Å². The van der Waals surface area contributed by atoms with Gasteiger partial charge in [-0.05, 0) is 69.3 Å². The molecule has 0 radical (unpaired) electrons. The SMILES string of the molecule is CCOC(=O)/C=C/C(F)(F)F.CCOC(=O)C1=Cc2c(cc(Cl)c(O)c2Cl)OC1C(F)(F)F.CCOC(=O)C1=Cc2cc(O)ccc2OC1C(F)(F)F.O=Cc1cc(O)ccc1O. The first kappa shape index (κ1) is 52.8. The monoisotopic (exact) mass is 950 g/mol. The Labute approximate surface area is 360 Å². The van der Waals surface area contributed by atoms with Crippen LogP contribution in [-0.2, 0) is 28.6 Å². The molecule has 0 aliphatic carbocycles. The minimum absolute atomic E-state index is 0.0279. The molecule has 0 spiro atoms.